The van der Waals surface area contributed by atoms with E-state index in [0.29, 0.717) is 0 Å². The van der Waals surface area contributed by atoms with Crippen LogP contribution in [-0.2, 0) is 10.8 Å². The summed E-state index contributed by atoms with van der Waals surface area (Å²) in [6.45, 7) is 9.44. The topological polar surface area (TPSA) is 0 Å². The highest BCUT2D eigenvalue weighted by atomic mass is 35.5. The molecule has 0 radical (unpaired) electrons. The average Bonchev–Trinajstić information content (AvgIpc) is 3.55. The molecule has 7 rings (SSSR count). The molecule has 0 saturated heterocycles. The van der Waals surface area contributed by atoms with E-state index in [9.17, 15) is 0 Å². The zero-order valence-corrected chi connectivity index (χ0v) is 32.3. The average molecular weight is 693 g/mol. The van der Waals surface area contributed by atoms with Crippen LogP contribution in [0.25, 0.3) is 44.5 Å². The number of hydrogen-bond donors (Lipinski definition) is 0. The molecule has 0 spiro atoms. The number of halogens is 1. The molecule has 0 atom stereocenters. The van der Waals surface area contributed by atoms with Crippen LogP contribution < -0.4 is 0 Å². The molecule has 0 N–H and O–H groups in total. The van der Waals surface area contributed by atoms with Gasteiger partial charge in [0.15, 0.2) is 0 Å². The van der Waals surface area contributed by atoms with E-state index in [4.69, 9.17) is 11.6 Å². The predicted octanol–water partition coefficient (Wildman–Crippen LogP) is 15.7. The van der Waals surface area contributed by atoms with Crippen molar-refractivity contribution in [3.8, 4) is 44.5 Å². The largest absolute Gasteiger partial charge is 0.0843 e. The van der Waals surface area contributed by atoms with E-state index >= 15 is 0 Å². The van der Waals surface area contributed by atoms with E-state index in [1.807, 2.05) is 12.1 Å². The van der Waals surface area contributed by atoms with Gasteiger partial charge >= 0.3 is 0 Å². The molecular weight excluding hydrogens is 636 g/mol. The van der Waals surface area contributed by atoms with E-state index in [2.05, 4.69) is 119 Å². The third kappa shape index (κ3) is 6.99. The van der Waals surface area contributed by atoms with E-state index in [-0.39, 0.29) is 10.8 Å². The molecule has 0 amide bonds. The van der Waals surface area contributed by atoms with Crippen LogP contribution >= 0.6 is 11.6 Å². The van der Waals surface area contributed by atoms with Crippen LogP contribution in [-0.4, -0.2) is 0 Å². The Morgan fingerprint density at radius 2 is 0.824 bits per heavy atom. The monoisotopic (exact) mass is 692 g/mol. The fraction of sp³-hybridized carbons (Fsp3) is 0.400. The highest BCUT2D eigenvalue weighted by molar-refractivity contribution is 6.30. The molecule has 0 aromatic heterocycles. The summed E-state index contributed by atoms with van der Waals surface area (Å²) < 4.78 is 0. The van der Waals surface area contributed by atoms with Crippen LogP contribution in [0.15, 0.2) is 103 Å². The van der Waals surface area contributed by atoms with Crippen molar-refractivity contribution in [2.75, 3.05) is 0 Å². The van der Waals surface area contributed by atoms with Gasteiger partial charge in [0.05, 0.1) is 0 Å². The van der Waals surface area contributed by atoms with Crippen molar-refractivity contribution in [2.24, 2.45) is 0 Å². The zero-order valence-electron chi connectivity index (χ0n) is 31.6. The first-order valence-corrected chi connectivity index (χ1v) is 20.6. The van der Waals surface area contributed by atoms with Gasteiger partial charge in [0.2, 0.25) is 0 Å². The summed E-state index contributed by atoms with van der Waals surface area (Å²) >= 11 is 6.22. The lowest BCUT2D eigenvalue weighted by atomic mass is 9.70. The van der Waals surface area contributed by atoms with Crippen LogP contribution in [0, 0.1) is 0 Å². The Morgan fingerprint density at radius 3 is 1.37 bits per heavy atom. The molecule has 51 heavy (non-hydrogen) atoms. The summed E-state index contributed by atoms with van der Waals surface area (Å²) in [5, 5.41) is 0.776. The third-order valence-corrected chi connectivity index (χ3v) is 12.6. The Kier molecular flexibility index (Phi) is 10.9. The number of unbranched alkanes of at least 4 members (excludes halogenated alkanes) is 10. The van der Waals surface area contributed by atoms with Crippen molar-refractivity contribution in [3.63, 3.8) is 0 Å². The van der Waals surface area contributed by atoms with Gasteiger partial charge in [0.1, 0.15) is 0 Å². The first-order chi connectivity index (χ1) is 24.9. The number of fused-ring (bicyclic) bond motifs is 6. The lowest BCUT2D eigenvalue weighted by Gasteiger charge is -2.33. The van der Waals surface area contributed by atoms with Gasteiger partial charge in [-0.1, -0.05) is 189 Å². The zero-order chi connectivity index (χ0) is 35.4. The molecule has 1 heteroatoms. The van der Waals surface area contributed by atoms with Crippen molar-refractivity contribution in [2.45, 2.75) is 128 Å². The lowest BCUT2D eigenvalue weighted by Crippen LogP contribution is -2.25. The molecule has 0 bridgehead atoms. The van der Waals surface area contributed by atoms with Gasteiger partial charge in [-0.25, -0.2) is 0 Å². The van der Waals surface area contributed by atoms with Crippen molar-refractivity contribution in [1.29, 1.82) is 0 Å². The smallest absolute Gasteiger partial charge is 0.0406 e. The van der Waals surface area contributed by atoms with Crippen LogP contribution in [0.2, 0.25) is 5.02 Å². The fourth-order valence-electron chi connectivity index (χ4n) is 9.45. The molecule has 0 aliphatic heterocycles. The van der Waals surface area contributed by atoms with Crippen molar-refractivity contribution < 1.29 is 0 Å². The van der Waals surface area contributed by atoms with E-state index in [1.165, 1.54) is 146 Å². The molecule has 0 nitrogen and oxygen atoms in total. The third-order valence-electron chi connectivity index (χ3n) is 12.4. The second kappa shape index (κ2) is 15.6. The number of benzene rings is 5. The number of hydrogen-bond acceptors (Lipinski definition) is 0. The Hall–Kier alpha value is -3.61. The molecular formula is C50H57Cl. The summed E-state index contributed by atoms with van der Waals surface area (Å²) in [5.74, 6) is 0. The summed E-state index contributed by atoms with van der Waals surface area (Å²) in [5.41, 5.74) is 16.8. The van der Waals surface area contributed by atoms with E-state index in [1.54, 1.807) is 11.1 Å². The van der Waals surface area contributed by atoms with Gasteiger partial charge < -0.3 is 0 Å². The Morgan fingerprint density at radius 1 is 0.412 bits per heavy atom. The van der Waals surface area contributed by atoms with E-state index in [0.717, 1.165) is 5.02 Å². The van der Waals surface area contributed by atoms with Gasteiger partial charge in [-0.2, -0.15) is 0 Å². The van der Waals surface area contributed by atoms with Crippen LogP contribution in [0.4, 0.5) is 0 Å². The summed E-state index contributed by atoms with van der Waals surface area (Å²) in [6.07, 6.45) is 18.6. The minimum absolute atomic E-state index is 0.0879. The quantitative estimate of drug-likeness (QED) is 0.0903. The van der Waals surface area contributed by atoms with Gasteiger partial charge in [-0.05, 0) is 110 Å². The summed E-state index contributed by atoms with van der Waals surface area (Å²) in [6, 6.07) is 39.4. The van der Waals surface area contributed by atoms with Gasteiger partial charge in [-0.3, -0.25) is 0 Å². The molecule has 0 unspecified atom stereocenters. The molecule has 0 fully saturated rings. The minimum atomic E-state index is -0.0879. The first-order valence-electron chi connectivity index (χ1n) is 20.2. The van der Waals surface area contributed by atoms with Crippen molar-refractivity contribution >= 4 is 11.6 Å². The first kappa shape index (κ1) is 35.8. The lowest BCUT2D eigenvalue weighted by molar-refractivity contribution is 0.398. The number of rotatable bonds is 16. The Labute approximate surface area is 313 Å². The Bertz CT molecular complexity index is 1940. The van der Waals surface area contributed by atoms with E-state index < -0.39 is 0 Å². The maximum atomic E-state index is 6.22. The molecule has 0 saturated carbocycles. The second-order valence-corrected chi connectivity index (χ2v) is 16.5. The fourth-order valence-corrected chi connectivity index (χ4v) is 9.58. The Balaban J connectivity index is 1.23. The van der Waals surface area contributed by atoms with Gasteiger partial charge in [-0.15, -0.1) is 0 Å². The normalized spacial score (nSPS) is 14.6. The highest BCUT2D eigenvalue weighted by Crippen LogP contribution is 2.56. The van der Waals surface area contributed by atoms with Crippen molar-refractivity contribution in [1.82, 2.24) is 0 Å². The highest BCUT2D eigenvalue weighted by Gasteiger charge is 2.42. The second-order valence-electron chi connectivity index (χ2n) is 16.1. The predicted molar refractivity (Wildman–Crippen MR) is 222 cm³/mol. The van der Waals surface area contributed by atoms with Crippen LogP contribution in [0.3, 0.4) is 0 Å². The maximum Gasteiger partial charge on any atom is 0.0406 e. The SMILES string of the molecule is CCCCCCCCC1(CCCCCCCC)c2ccccc2-c2ccc(-c3ccc4c(c3)C(C)(C)c3cc(-c5ccc(Cl)cc5)ccc3-4)cc21. The molecule has 2 aliphatic carbocycles. The molecule has 264 valence electrons. The van der Waals surface area contributed by atoms with Crippen LogP contribution in [0.1, 0.15) is 140 Å². The summed E-state index contributed by atoms with van der Waals surface area (Å²) in [4.78, 5) is 0. The minimum Gasteiger partial charge on any atom is -0.0843 e. The van der Waals surface area contributed by atoms with Gasteiger partial charge in [0.25, 0.3) is 0 Å². The standard InChI is InChI=1S/C50H57Cl/c1-5-7-9-11-13-17-31-50(32-18-14-12-10-8-6-2)45-20-16-15-19-41(45)44-30-25-39(35-48(44)50)38-24-29-43-42-28-23-37(36-21-26-40(51)27-22-36)33-46(42)49(3,4)47(43)34-38/h15-16,19-30,33-35H,5-14,17-18,31-32H2,1-4H3. The molecule has 5 aromatic carbocycles. The molecule has 5 aromatic rings. The van der Waals surface area contributed by atoms with Crippen LogP contribution in [0.5, 0.6) is 0 Å². The van der Waals surface area contributed by atoms with Crippen molar-refractivity contribution in [3.05, 3.63) is 130 Å². The summed E-state index contributed by atoms with van der Waals surface area (Å²) in [7, 11) is 0. The molecule has 2 aliphatic rings. The van der Waals surface area contributed by atoms with Gasteiger partial charge in [0, 0.05) is 15.9 Å². The maximum absolute atomic E-state index is 6.22. The molecule has 0 heterocycles.